The van der Waals surface area contributed by atoms with Gasteiger partial charge in [0.05, 0.1) is 12.1 Å². The van der Waals surface area contributed by atoms with Crippen LogP contribution in [-0.4, -0.2) is 47.7 Å². The lowest BCUT2D eigenvalue weighted by molar-refractivity contribution is 0.134. The molecule has 1 aromatic carbocycles. The van der Waals surface area contributed by atoms with E-state index in [4.69, 9.17) is 5.73 Å². The monoisotopic (exact) mass is 365 g/mol. The first-order valence-electron chi connectivity index (χ1n) is 9.11. The third-order valence-corrected chi connectivity index (χ3v) is 4.93. The average Bonchev–Trinajstić information content (AvgIpc) is 3.23. The number of rotatable bonds is 5. The van der Waals surface area contributed by atoms with Crippen molar-refractivity contribution in [3.63, 3.8) is 0 Å². The van der Waals surface area contributed by atoms with Gasteiger partial charge >= 0.3 is 0 Å². The van der Waals surface area contributed by atoms with Crippen LogP contribution in [0.4, 0.5) is 17.6 Å². The molecule has 0 radical (unpaired) electrons. The van der Waals surface area contributed by atoms with E-state index >= 15 is 0 Å². The van der Waals surface area contributed by atoms with Gasteiger partial charge in [0.15, 0.2) is 5.82 Å². The molecule has 9 heteroatoms. The molecule has 1 aliphatic heterocycles. The number of para-hydroxylation sites is 1. The Morgan fingerprint density at radius 2 is 1.89 bits per heavy atom. The second-order valence-corrected chi connectivity index (χ2v) is 6.69. The first-order chi connectivity index (χ1) is 13.2. The zero-order chi connectivity index (χ0) is 18.6. The summed E-state index contributed by atoms with van der Waals surface area (Å²) in [6.45, 7) is 3.99. The van der Waals surface area contributed by atoms with Gasteiger partial charge < -0.3 is 11.1 Å². The molecule has 4 rings (SSSR count). The van der Waals surface area contributed by atoms with E-state index in [0.717, 1.165) is 31.6 Å². The number of hydrogen-bond acceptors (Lipinski definition) is 8. The summed E-state index contributed by atoms with van der Waals surface area (Å²) in [6.07, 6.45) is 5.41. The van der Waals surface area contributed by atoms with E-state index in [0.29, 0.717) is 17.8 Å². The molecular formula is C18H23N9. The summed E-state index contributed by atoms with van der Waals surface area (Å²) in [5.41, 5.74) is 6.84. The van der Waals surface area contributed by atoms with Crippen LogP contribution in [0.2, 0.25) is 0 Å². The van der Waals surface area contributed by atoms with Gasteiger partial charge in [-0.1, -0.05) is 18.2 Å². The van der Waals surface area contributed by atoms with Gasteiger partial charge in [-0.15, -0.1) is 0 Å². The Balaban J connectivity index is 1.45. The van der Waals surface area contributed by atoms with Gasteiger partial charge in [-0.3, -0.25) is 4.90 Å². The van der Waals surface area contributed by atoms with Gasteiger partial charge in [-0.25, -0.2) is 9.67 Å². The van der Waals surface area contributed by atoms with Crippen molar-refractivity contribution in [3.8, 4) is 0 Å². The van der Waals surface area contributed by atoms with E-state index in [-0.39, 0.29) is 12.0 Å². The van der Waals surface area contributed by atoms with Crippen LogP contribution in [0.3, 0.4) is 0 Å². The van der Waals surface area contributed by atoms with Crippen molar-refractivity contribution >= 4 is 17.6 Å². The summed E-state index contributed by atoms with van der Waals surface area (Å²) in [4.78, 5) is 19.6. The second-order valence-electron chi connectivity index (χ2n) is 6.69. The van der Waals surface area contributed by atoms with Crippen molar-refractivity contribution in [2.45, 2.75) is 31.8 Å². The number of benzene rings is 1. The topological polar surface area (TPSA) is 111 Å². The highest BCUT2D eigenvalue weighted by Crippen LogP contribution is 2.27. The number of aromatic nitrogens is 6. The summed E-state index contributed by atoms with van der Waals surface area (Å²) in [5, 5.41) is 7.45. The molecule has 1 fully saturated rings. The Morgan fingerprint density at radius 1 is 1.11 bits per heavy atom. The van der Waals surface area contributed by atoms with E-state index in [2.05, 4.69) is 42.2 Å². The van der Waals surface area contributed by atoms with Gasteiger partial charge in [0.25, 0.3) is 0 Å². The van der Waals surface area contributed by atoms with Crippen LogP contribution in [0.1, 0.15) is 37.7 Å². The number of nitrogens with one attached hydrogen (secondary N) is 1. The molecule has 27 heavy (non-hydrogen) atoms. The Hall–Kier alpha value is -3.07. The smallest absolute Gasteiger partial charge is 0.232 e. The molecule has 1 atom stereocenters. The molecule has 1 aliphatic rings. The second kappa shape index (κ2) is 7.67. The van der Waals surface area contributed by atoms with Gasteiger partial charge in [0.1, 0.15) is 12.7 Å². The number of piperidine rings is 1. The molecule has 3 heterocycles. The minimum absolute atomic E-state index is 0.0586. The molecular weight excluding hydrogens is 342 g/mol. The maximum atomic E-state index is 5.93. The fraction of sp³-hybridized carbons (Fsp3) is 0.389. The Bertz CT molecular complexity index is 858. The number of nitrogens with two attached hydrogens (primary N) is 1. The number of anilines is 3. The minimum atomic E-state index is 0.0586. The Kier molecular flexibility index (Phi) is 4.93. The zero-order valence-electron chi connectivity index (χ0n) is 15.2. The van der Waals surface area contributed by atoms with Gasteiger partial charge in [0.2, 0.25) is 11.9 Å². The van der Waals surface area contributed by atoms with Gasteiger partial charge in [-0.2, -0.15) is 20.1 Å². The van der Waals surface area contributed by atoms with Crippen LogP contribution in [0.15, 0.2) is 43.0 Å². The van der Waals surface area contributed by atoms with Crippen LogP contribution in [0, 0.1) is 0 Å². The average molecular weight is 365 g/mol. The molecule has 140 valence electrons. The van der Waals surface area contributed by atoms with Crippen LogP contribution in [0.25, 0.3) is 0 Å². The van der Waals surface area contributed by atoms with Crippen LogP contribution >= 0.6 is 0 Å². The quantitative estimate of drug-likeness (QED) is 0.708. The molecule has 1 saturated heterocycles. The van der Waals surface area contributed by atoms with Crippen molar-refractivity contribution in [2.75, 3.05) is 24.1 Å². The number of likely N-dealkylation sites (tertiary alicyclic amines) is 1. The number of nitrogen functional groups attached to an aromatic ring is 1. The Labute approximate surface area is 157 Å². The van der Waals surface area contributed by atoms with E-state index in [1.165, 1.54) is 0 Å². The maximum absolute atomic E-state index is 5.93. The fourth-order valence-electron chi connectivity index (χ4n) is 3.41. The van der Waals surface area contributed by atoms with Gasteiger partial charge in [0, 0.05) is 18.8 Å². The molecule has 0 amide bonds. The first kappa shape index (κ1) is 17.3. The first-order valence-corrected chi connectivity index (χ1v) is 9.11. The van der Waals surface area contributed by atoms with Crippen molar-refractivity contribution in [2.24, 2.45) is 0 Å². The summed E-state index contributed by atoms with van der Waals surface area (Å²) in [6, 6.07) is 10.2. The zero-order valence-corrected chi connectivity index (χ0v) is 15.2. The number of nitrogens with zero attached hydrogens (tertiary/aromatic N) is 7. The van der Waals surface area contributed by atoms with Crippen LogP contribution in [0.5, 0.6) is 0 Å². The highest BCUT2D eigenvalue weighted by atomic mass is 15.3. The lowest BCUT2D eigenvalue weighted by Gasteiger charge is -2.35. The summed E-state index contributed by atoms with van der Waals surface area (Å²) >= 11 is 0. The molecule has 3 aromatic rings. The summed E-state index contributed by atoms with van der Waals surface area (Å²) in [5.74, 6) is 1.37. The fourth-order valence-corrected chi connectivity index (χ4v) is 3.41. The highest BCUT2D eigenvalue weighted by molar-refractivity contribution is 5.53. The molecule has 0 spiro atoms. The van der Waals surface area contributed by atoms with Crippen molar-refractivity contribution < 1.29 is 0 Å². The summed E-state index contributed by atoms with van der Waals surface area (Å²) < 4.78 is 1.95. The summed E-state index contributed by atoms with van der Waals surface area (Å²) in [7, 11) is 0. The van der Waals surface area contributed by atoms with E-state index in [1.54, 1.807) is 12.7 Å². The lowest BCUT2D eigenvalue weighted by atomic mass is 10.0. The molecule has 3 N–H and O–H groups in total. The van der Waals surface area contributed by atoms with Crippen molar-refractivity contribution in [3.05, 3.63) is 48.8 Å². The van der Waals surface area contributed by atoms with E-state index in [1.807, 2.05) is 35.0 Å². The molecule has 9 nitrogen and oxygen atoms in total. The van der Waals surface area contributed by atoms with Crippen molar-refractivity contribution in [1.29, 1.82) is 0 Å². The lowest BCUT2D eigenvalue weighted by Crippen LogP contribution is -2.37. The number of hydrogen-bond donors (Lipinski definition) is 2. The van der Waals surface area contributed by atoms with Crippen molar-refractivity contribution in [1.82, 2.24) is 34.6 Å². The molecule has 2 aromatic heterocycles. The van der Waals surface area contributed by atoms with Gasteiger partial charge in [-0.05, 0) is 31.9 Å². The SMILES string of the molecule is C[C@H](c1nc(N)nc(Nc2ccccc2)n1)N1CCC(n2cncn2)CC1. The third-order valence-electron chi connectivity index (χ3n) is 4.93. The van der Waals surface area contributed by atoms with Crippen LogP contribution < -0.4 is 11.1 Å². The van der Waals surface area contributed by atoms with Crippen LogP contribution in [-0.2, 0) is 0 Å². The predicted molar refractivity (Wildman–Crippen MR) is 102 cm³/mol. The molecule has 0 saturated carbocycles. The maximum Gasteiger partial charge on any atom is 0.232 e. The molecule has 0 aliphatic carbocycles. The largest absolute Gasteiger partial charge is 0.368 e. The Morgan fingerprint density at radius 3 is 2.59 bits per heavy atom. The normalized spacial score (nSPS) is 16.9. The standard InChI is InChI=1S/C18H23N9/c1-13(26-9-7-15(8-10-26)27-12-20-11-21-27)16-23-17(19)25-18(24-16)22-14-5-3-2-4-6-14/h2-6,11-13,15H,7-10H2,1H3,(H3,19,22,23,24,25)/t13-/m1/s1. The third kappa shape index (κ3) is 4.03. The minimum Gasteiger partial charge on any atom is -0.368 e. The van der Waals surface area contributed by atoms with E-state index in [9.17, 15) is 0 Å². The van der Waals surface area contributed by atoms with E-state index < -0.39 is 0 Å². The molecule has 0 bridgehead atoms. The highest BCUT2D eigenvalue weighted by Gasteiger charge is 2.26. The predicted octanol–water partition coefficient (Wildman–Crippen LogP) is 2.19. The molecule has 0 unspecified atom stereocenters.